The number of aliphatic carboxylic acids is 1. The summed E-state index contributed by atoms with van der Waals surface area (Å²) >= 11 is 1.44. The van der Waals surface area contributed by atoms with Gasteiger partial charge in [0.15, 0.2) is 0 Å². The fraction of sp³-hybridized carbons (Fsp3) is 0.111. The van der Waals surface area contributed by atoms with Crippen LogP contribution in [-0.2, 0) is 4.79 Å². The molecule has 0 bridgehead atoms. The van der Waals surface area contributed by atoms with Gasteiger partial charge in [0, 0.05) is 29.5 Å². The van der Waals surface area contributed by atoms with Crippen LogP contribution in [0.2, 0.25) is 0 Å². The predicted molar refractivity (Wildman–Crippen MR) is 96.2 cm³/mol. The number of carbonyl (C=O) groups is 1. The topological polar surface area (TPSA) is 44.9 Å². The van der Waals surface area contributed by atoms with Crippen molar-refractivity contribution in [1.29, 1.82) is 0 Å². The molecule has 0 radical (unpaired) electrons. The molecule has 0 aliphatic rings. The van der Waals surface area contributed by atoms with Gasteiger partial charge in [-0.1, -0.05) is 18.2 Å². The Kier molecular flexibility index (Phi) is 5.34. The molecule has 0 saturated carbocycles. The molecule has 23 heavy (non-hydrogen) atoms. The Bertz CT molecular complexity index is 793. The van der Waals surface area contributed by atoms with Gasteiger partial charge >= 0.3 is 5.97 Å². The van der Waals surface area contributed by atoms with Gasteiger partial charge in [0.05, 0.1) is 6.57 Å². The first-order valence-electron chi connectivity index (χ1n) is 6.87. The highest BCUT2D eigenvalue weighted by atomic mass is 32.1. The Morgan fingerprint density at radius 3 is 2.35 bits per heavy atom. The highest BCUT2D eigenvalue weighted by Gasteiger charge is 2.07. The van der Waals surface area contributed by atoms with Crippen LogP contribution in [0.25, 0.3) is 23.1 Å². The summed E-state index contributed by atoms with van der Waals surface area (Å²) in [5.74, 6) is -1.20. The molecule has 1 heterocycles. The van der Waals surface area contributed by atoms with Crippen LogP contribution in [0.1, 0.15) is 15.3 Å². The summed E-state index contributed by atoms with van der Waals surface area (Å²) in [6.07, 6.45) is 5.37. The predicted octanol–water partition coefficient (Wildman–Crippen LogP) is 4.33. The molecule has 0 amide bonds. The van der Waals surface area contributed by atoms with Crippen molar-refractivity contribution in [3.8, 4) is 0 Å². The van der Waals surface area contributed by atoms with Crippen molar-refractivity contribution in [2.24, 2.45) is 0 Å². The maximum absolute atomic E-state index is 10.8. The van der Waals surface area contributed by atoms with Crippen LogP contribution < -0.4 is 4.90 Å². The summed E-state index contributed by atoms with van der Waals surface area (Å²) in [5.41, 5.74) is 1.96. The Labute approximate surface area is 139 Å². The van der Waals surface area contributed by atoms with Gasteiger partial charge in [-0.3, -0.25) is 4.79 Å². The molecule has 0 aliphatic carbocycles. The minimum absolute atomic E-state index is 0.276. The zero-order chi connectivity index (χ0) is 16.8. The largest absolute Gasteiger partial charge is 0.486 e. The first-order chi connectivity index (χ1) is 11.0. The number of hydrogen-bond donors (Lipinski definition) is 1. The molecule has 1 aromatic heterocycles. The van der Waals surface area contributed by atoms with Gasteiger partial charge in [-0.25, -0.2) is 4.85 Å². The Hall–Kier alpha value is -2.84. The lowest BCUT2D eigenvalue weighted by Crippen LogP contribution is -2.07. The van der Waals surface area contributed by atoms with Crippen LogP contribution in [0, 0.1) is 6.57 Å². The van der Waals surface area contributed by atoms with Crippen molar-refractivity contribution in [1.82, 2.24) is 0 Å². The summed E-state index contributed by atoms with van der Waals surface area (Å²) < 4.78 is 0. The quantitative estimate of drug-likeness (QED) is 0.658. The van der Waals surface area contributed by atoms with Gasteiger partial charge in [0.25, 0.3) is 5.70 Å². The fourth-order valence-corrected chi connectivity index (χ4v) is 2.73. The van der Waals surface area contributed by atoms with E-state index in [1.807, 2.05) is 55.4 Å². The first kappa shape index (κ1) is 16.5. The van der Waals surface area contributed by atoms with E-state index < -0.39 is 5.97 Å². The summed E-state index contributed by atoms with van der Waals surface area (Å²) in [6, 6.07) is 11.9. The Balaban J connectivity index is 2.12. The third-order valence-corrected chi connectivity index (χ3v) is 4.11. The second-order valence-electron chi connectivity index (χ2n) is 5.01. The highest BCUT2D eigenvalue weighted by Crippen LogP contribution is 2.22. The van der Waals surface area contributed by atoms with E-state index in [9.17, 15) is 4.79 Å². The molecule has 0 aliphatic heterocycles. The van der Waals surface area contributed by atoms with E-state index in [4.69, 9.17) is 11.7 Å². The van der Waals surface area contributed by atoms with Gasteiger partial charge in [-0.15, -0.1) is 11.3 Å². The molecule has 5 heteroatoms. The second-order valence-corrected chi connectivity index (χ2v) is 6.15. The molecule has 0 spiro atoms. The number of rotatable bonds is 5. The van der Waals surface area contributed by atoms with Gasteiger partial charge < -0.3 is 10.0 Å². The summed E-state index contributed by atoms with van der Waals surface area (Å²) in [7, 11) is 4.00. The van der Waals surface area contributed by atoms with Gasteiger partial charge in [0.1, 0.15) is 0 Å². The van der Waals surface area contributed by atoms with Crippen LogP contribution in [0.4, 0.5) is 5.69 Å². The van der Waals surface area contributed by atoms with Crippen molar-refractivity contribution < 1.29 is 9.90 Å². The Morgan fingerprint density at radius 1 is 1.13 bits per heavy atom. The number of carboxylic acid groups (broad SMARTS) is 1. The standard InChI is InChI=1S/C18H16N2O2S/c1-19-17(18(21)22)12-16-11-10-15(23-16)9-6-13-4-7-14(8-5-13)20(2)3/h4-12H,2-3H3,(H,21,22)/b9-6+,17-12-. The lowest BCUT2D eigenvalue weighted by Gasteiger charge is -2.11. The third kappa shape index (κ3) is 4.56. The highest BCUT2D eigenvalue weighted by molar-refractivity contribution is 7.13. The average molecular weight is 324 g/mol. The molecular formula is C18H16N2O2S. The fourth-order valence-electron chi connectivity index (χ4n) is 1.87. The summed E-state index contributed by atoms with van der Waals surface area (Å²) in [4.78, 5) is 17.6. The van der Waals surface area contributed by atoms with Crippen LogP contribution >= 0.6 is 11.3 Å². The number of carboxylic acids is 1. The van der Waals surface area contributed by atoms with Crippen molar-refractivity contribution in [3.05, 3.63) is 68.8 Å². The molecule has 0 unspecified atom stereocenters. The molecular weight excluding hydrogens is 308 g/mol. The number of thiophene rings is 1. The van der Waals surface area contributed by atoms with Crippen LogP contribution in [-0.4, -0.2) is 25.2 Å². The number of benzene rings is 1. The number of hydrogen-bond acceptors (Lipinski definition) is 3. The van der Waals surface area contributed by atoms with Gasteiger partial charge in [-0.05, 0) is 42.0 Å². The average Bonchev–Trinajstić information content (AvgIpc) is 2.98. The molecule has 0 saturated heterocycles. The molecule has 1 N–H and O–H groups in total. The lowest BCUT2D eigenvalue weighted by molar-refractivity contribution is -0.132. The SMILES string of the molecule is [C-]#[N+]/C(=C\c1ccc(/C=C/c2ccc(N(C)C)cc2)s1)C(=O)O. The van der Waals surface area contributed by atoms with E-state index in [0.29, 0.717) is 0 Å². The minimum atomic E-state index is -1.20. The minimum Gasteiger partial charge on any atom is -0.486 e. The van der Waals surface area contributed by atoms with Crippen LogP contribution in [0.15, 0.2) is 42.1 Å². The van der Waals surface area contributed by atoms with E-state index in [1.54, 1.807) is 0 Å². The van der Waals surface area contributed by atoms with E-state index >= 15 is 0 Å². The van der Waals surface area contributed by atoms with Crippen molar-refractivity contribution in [2.75, 3.05) is 19.0 Å². The van der Waals surface area contributed by atoms with Crippen molar-refractivity contribution in [2.45, 2.75) is 0 Å². The summed E-state index contributed by atoms with van der Waals surface area (Å²) in [5, 5.41) is 8.86. The normalized spacial score (nSPS) is 11.4. The molecule has 0 fully saturated rings. The second kappa shape index (κ2) is 7.43. The number of anilines is 1. The first-order valence-corrected chi connectivity index (χ1v) is 7.69. The van der Waals surface area contributed by atoms with E-state index in [0.717, 1.165) is 21.0 Å². The van der Waals surface area contributed by atoms with E-state index in [1.165, 1.54) is 17.4 Å². The zero-order valence-corrected chi connectivity index (χ0v) is 13.7. The summed E-state index contributed by atoms with van der Waals surface area (Å²) in [6.45, 7) is 6.85. The third-order valence-electron chi connectivity index (χ3n) is 3.12. The van der Waals surface area contributed by atoms with Crippen molar-refractivity contribution >= 4 is 41.2 Å². The van der Waals surface area contributed by atoms with Crippen LogP contribution in [0.3, 0.4) is 0 Å². The van der Waals surface area contributed by atoms with Gasteiger partial charge in [0.2, 0.25) is 0 Å². The Morgan fingerprint density at radius 2 is 1.78 bits per heavy atom. The monoisotopic (exact) mass is 324 g/mol. The molecule has 1 aromatic carbocycles. The maximum atomic E-state index is 10.8. The molecule has 2 rings (SSSR count). The number of nitrogens with zero attached hydrogens (tertiary/aromatic N) is 2. The van der Waals surface area contributed by atoms with Crippen molar-refractivity contribution in [3.63, 3.8) is 0 Å². The molecule has 2 aromatic rings. The van der Waals surface area contributed by atoms with E-state index in [-0.39, 0.29) is 5.70 Å². The molecule has 116 valence electrons. The van der Waals surface area contributed by atoms with Gasteiger partial charge in [-0.2, -0.15) is 0 Å². The molecule has 4 nitrogen and oxygen atoms in total. The lowest BCUT2D eigenvalue weighted by atomic mass is 10.2. The zero-order valence-electron chi connectivity index (χ0n) is 12.9. The van der Waals surface area contributed by atoms with E-state index in [2.05, 4.69) is 17.0 Å². The maximum Gasteiger partial charge on any atom is 0.333 e. The van der Waals surface area contributed by atoms with Crippen LogP contribution in [0.5, 0.6) is 0 Å². The smallest absolute Gasteiger partial charge is 0.333 e. The molecule has 0 atom stereocenters.